The predicted molar refractivity (Wildman–Crippen MR) is 109 cm³/mol. The van der Waals surface area contributed by atoms with Gasteiger partial charge in [-0.3, -0.25) is 4.40 Å². The Morgan fingerprint density at radius 1 is 0.929 bits per heavy atom. The molecule has 0 spiro atoms. The van der Waals surface area contributed by atoms with Crippen molar-refractivity contribution in [3.63, 3.8) is 0 Å². The van der Waals surface area contributed by atoms with Gasteiger partial charge < -0.3 is 15.4 Å². The monoisotopic (exact) mass is 373 g/mol. The van der Waals surface area contributed by atoms with Gasteiger partial charge in [-0.15, -0.1) is 0 Å². The van der Waals surface area contributed by atoms with E-state index in [1.54, 1.807) is 31.4 Å². The van der Waals surface area contributed by atoms with Crippen molar-refractivity contribution in [2.75, 3.05) is 17.7 Å². The number of ether oxygens (including phenoxy) is 1. The van der Waals surface area contributed by atoms with E-state index in [1.807, 2.05) is 54.0 Å². The van der Waals surface area contributed by atoms with Crippen molar-refractivity contribution in [1.82, 2.24) is 14.4 Å². The first-order chi connectivity index (χ1) is 13.6. The van der Waals surface area contributed by atoms with E-state index in [1.165, 1.54) is 0 Å². The quantitative estimate of drug-likeness (QED) is 0.557. The van der Waals surface area contributed by atoms with Crippen LogP contribution in [0.15, 0.2) is 67.0 Å². The highest BCUT2D eigenvalue weighted by atomic mass is 16.5. The maximum atomic E-state index is 12.2. The Bertz CT molecular complexity index is 1120. The summed E-state index contributed by atoms with van der Waals surface area (Å²) in [6.45, 7) is 1.94. The maximum absolute atomic E-state index is 12.2. The lowest BCUT2D eigenvalue weighted by Gasteiger charge is -2.08. The number of imidazole rings is 1. The third kappa shape index (κ3) is 3.78. The summed E-state index contributed by atoms with van der Waals surface area (Å²) in [5.41, 5.74) is 4.07. The number of nitrogens with one attached hydrogen (secondary N) is 2. The van der Waals surface area contributed by atoms with Crippen LogP contribution in [0, 0.1) is 6.92 Å². The minimum absolute atomic E-state index is 0.315. The fourth-order valence-electron chi connectivity index (χ4n) is 2.79. The lowest BCUT2D eigenvalue weighted by atomic mass is 10.1. The zero-order chi connectivity index (χ0) is 19.5. The number of hydrogen-bond acceptors (Lipinski definition) is 4. The predicted octanol–water partition coefficient (Wildman–Crippen LogP) is 4.36. The summed E-state index contributed by atoms with van der Waals surface area (Å²) in [5, 5.41) is 5.59. The van der Waals surface area contributed by atoms with Crippen molar-refractivity contribution in [2.24, 2.45) is 0 Å². The molecular formula is C21H19N5O2. The summed E-state index contributed by atoms with van der Waals surface area (Å²) < 4.78 is 6.99. The number of nitrogens with zero attached hydrogens (tertiary/aromatic N) is 3. The van der Waals surface area contributed by atoms with Gasteiger partial charge in [-0.2, -0.15) is 0 Å². The number of methoxy groups -OCH3 is 1. The molecule has 0 saturated carbocycles. The van der Waals surface area contributed by atoms with Crippen LogP contribution >= 0.6 is 0 Å². The van der Waals surface area contributed by atoms with Gasteiger partial charge in [0.05, 0.1) is 12.8 Å². The molecule has 0 fully saturated rings. The second-order valence-electron chi connectivity index (χ2n) is 6.29. The van der Waals surface area contributed by atoms with Crippen LogP contribution < -0.4 is 15.4 Å². The second-order valence-corrected chi connectivity index (χ2v) is 6.29. The molecular weight excluding hydrogens is 354 g/mol. The topological polar surface area (TPSA) is 80.5 Å². The lowest BCUT2D eigenvalue weighted by Crippen LogP contribution is -2.19. The molecule has 7 nitrogen and oxygen atoms in total. The molecule has 2 amide bonds. The number of benzene rings is 2. The Hall–Kier alpha value is -3.87. The van der Waals surface area contributed by atoms with Gasteiger partial charge in [0.25, 0.3) is 0 Å². The molecule has 0 atom stereocenters. The molecule has 0 radical (unpaired) electrons. The Morgan fingerprint density at radius 2 is 1.57 bits per heavy atom. The number of rotatable bonds is 4. The minimum Gasteiger partial charge on any atom is -0.497 e. The van der Waals surface area contributed by atoms with E-state index >= 15 is 0 Å². The van der Waals surface area contributed by atoms with Crippen molar-refractivity contribution in [1.29, 1.82) is 0 Å². The summed E-state index contributed by atoms with van der Waals surface area (Å²) >= 11 is 0. The number of aromatic nitrogens is 3. The van der Waals surface area contributed by atoms with Gasteiger partial charge in [0.2, 0.25) is 5.78 Å². The van der Waals surface area contributed by atoms with E-state index in [0.717, 1.165) is 22.7 Å². The van der Waals surface area contributed by atoms with Crippen LogP contribution in [0.1, 0.15) is 5.69 Å². The van der Waals surface area contributed by atoms with Crippen LogP contribution in [0.4, 0.5) is 16.2 Å². The molecule has 4 rings (SSSR count). The van der Waals surface area contributed by atoms with E-state index in [9.17, 15) is 4.79 Å². The number of fused-ring (bicyclic) bond motifs is 1. The van der Waals surface area contributed by atoms with Crippen molar-refractivity contribution in [2.45, 2.75) is 6.92 Å². The normalized spacial score (nSPS) is 10.6. The van der Waals surface area contributed by atoms with Gasteiger partial charge in [0.15, 0.2) is 0 Å². The van der Waals surface area contributed by atoms with Gasteiger partial charge in [-0.25, -0.2) is 14.8 Å². The molecule has 2 heterocycles. The third-order valence-corrected chi connectivity index (χ3v) is 4.25. The zero-order valence-corrected chi connectivity index (χ0v) is 15.5. The third-order valence-electron chi connectivity index (χ3n) is 4.25. The van der Waals surface area contributed by atoms with Crippen LogP contribution in [-0.4, -0.2) is 27.5 Å². The molecule has 2 N–H and O–H groups in total. The molecule has 0 aliphatic carbocycles. The van der Waals surface area contributed by atoms with E-state index < -0.39 is 0 Å². The van der Waals surface area contributed by atoms with Gasteiger partial charge in [0, 0.05) is 35.0 Å². The Balaban J connectivity index is 1.44. The molecule has 0 aliphatic heterocycles. The fraction of sp³-hybridized carbons (Fsp3) is 0.0952. The van der Waals surface area contributed by atoms with E-state index in [-0.39, 0.29) is 6.03 Å². The summed E-state index contributed by atoms with van der Waals surface area (Å²) in [5.74, 6) is 1.40. The molecule has 0 unspecified atom stereocenters. The molecule has 0 bridgehead atoms. The Morgan fingerprint density at radius 3 is 2.21 bits per heavy atom. The van der Waals surface area contributed by atoms with Crippen molar-refractivity contribution in [3.8, 4) is 17.0 Å². The Labute approximate surface area is 162 Å². The first-order valence-electron chi connectivity index (χ1n) is 8.75. The molecule has 0 aliphatic rings. The summed E-state index contributed by atoms with van der Waals surface area (Å²) in [6.07, 6.45) is 3.87. The first-order valence-corrected chi connectivity index (χ1v) is 8.75. The zero-order valence-electron chi connectivity index (χ0n) is 15.5. The molecule has 140 valence electrons. The highest BCUT2D eigenvalue weighted by molar-refractivity contribution is 5.99. The summed E-state index contributed by atoms with van der Waals surface area (Å²) in [6, 6.07) is 16.3. The number of anilines is 2. The highest BCUT2D eigenvalue weighted by Gasteiger charge is 2.07. The lowest BCUT2D eigenvalue weighted by molar-refractivity contribution is 0.262. The smallest absolute Gasteiger partial charge is 0.323 e. The average Bonchev–Trinajstić information content (AvgIpc) is 3.12. The number of carbonyl (C=O) groups excluding carboxylic acids is 1. The van der Waals surface area contributed by atoms with Gasteiger partial charge >= 0.3 is 6.03 Å². The average molecular weight is 373 g/mol. The number of hydrogen-bond donors (Lipinski definition) is 2. The fourth-order valence-corrected chi connectivity index (χ4v) is 2.79. The second kappa shape index (κ2) is 7.40. The van der Waals surface area contributed by atoms with Crippen LogP contribution in [0.25, 0.3) is 17.0 Å². The van der Waals surface area contributed by atoms with Crippen LogP contribution in [0.2, 0.25) is 0 Å². The number of aryl methyl sites for hydroxylation is 1. The highest BCUT2D eigenvalue weighted by Crippen LogP contribution is 2.21. The van der Waals surface area contributed by atoms with Crippen molar-refractivity contribution in [3.05, 3.63) is 72.7 Å². The molecule has 28 heavy (non-hydrogen) atoms. The van der Waals surface area contributed by atoms with Gasteiger partial charge in [0.1, 0.15) is 5.75 Å². The SMILES string of the molecule is COc1ccc(NC(=O)Nc2ccc(-c3cn4ccc(C)nc4n3)cc2)cc1. The minimum atomic E-state index is -0.315. The molecule has 2 aromatic carbocycles. The molecule has 4 aromatic rings. The van der Waals surface area contributed by atoms with Crippen LogP contribution in [-0.2, 0) is 0 Å². The molecule has 0 saturated heterocycles. The van der Waals surface area contributed by atoms with E-state index in [2.05, 4.69) is 20.6 Å². The largest absolute Gasteiger partial charge is 0.497 e. The molecule has 7 heteroatoms. The number of amides is 2. The van der Waals surface area contributed by atoms with Gasteiger partial charge in [-0.05, 0) is 49.4 Å². The van der Waals surface area contributed by atoms with E-state index in [0.29, 0.717) is 17.2 Å². The Kier molecular flexibility index (Phi) is 4.63. The summed E-state index contributed by atoms with van der Waals surface area (Å²) in [7, 11) is 1.60. The van der Waals surface area contributed by atoms with Crippen LogP contribution in [0.5, 0.6) is 5.75 Å². The van der Waals surface area contributed by atoms with E-state index in [4.69, 9.17) is 4.74 Å². The standard InChI is InChI=1S/C21H19N5O2/c1-14-11-12-26-13-19(25-20(26)22-14)15-3-5-16(6-4-15)23-21(27)24-17-7-9-18(28-2)10-8-17/h3-13H,1-2H3,(H2,23,24,27). The van der Waals surface area contributed by atoms with Crippen LogP contribution in [0.3, 0.4) is 0 Å². The maximum Gasteiger partial charge on any atom is 0.323 e. The van der Waals surface area contributed by atoms with Gasteiger partial charge in [-0.1, -0.05) is 12.1 Å². The molecule has 2 aromatic heterocycles. The van der Waals surface area contributed by atoms with Crippen molar-refractivity contribution < 1.29 is 9.53 Å². The first kappa shape index (κ1) is 17.5. The number of carbonyl (C=O) groups is 1. The number of urea groups is 1. The summed E-state index contributed by atoms with van der Waals surface area (Å²) in [4.78, 5) is 21.1. The van der Waals surface area contributed by atoms with Crippen molar-refractivity contribution >= 4 is 23.2 Å².